The van der Waals surface area contributed by atoms with Gasteiger partial charge >= 0.3 is 12.3 Å². The smallest absolute Gasteiger partial charge is 0.416 e. The Morgan fingerprint density at radius 3 is 2.68 bits per heavy atom. The second-order valence-electron chi connectivity index (χ2n) is 4.94. The van der Waals surface area contributed by atoms with Crippen LogP contribution in [0.4, 0.5) is 18.0 Å². The molecular formula is C17H14ClF3N2O2. The van der Waals surface area contributed by atoms with Gasteiger partial charge in [0.1, 0.15) is 0 Å². The Labute approximate surface area is 147 Å². The quantitative estimate of drug-likeness (QED) is 0.772. The molecule has 0 aliphatic heterocycles. The van der Waals surface area contributed by atoms with Gasteiger partial charge in [0.2, 0.25) is 0 Å². The van der Waals surface area contributed by atoms with Gasteiger partial charge in [-0.05, 0) is 12.1 Å². The highest BCUT2D eigenvalue weighted by atomic mass is 35.5. The molecule has 0 saturated heterocycles. The lowest BCUT2D eigenvalue weighted by molar-refractivity contribution is -0.139. The van der Waals surface area contributed by atoms with E-state index in [0.29, 0.717) is 0 Å². The van der Waals surface area contributed by atoms with Crippen LogP contribution >= 0.6 is 11.6 Å². The Balaban J connectivity index is 2.51. The van der Waals surface area contributed by atoms with Crippen LogP contribution in [-0.4, -0.2) is 17.6 Å². The lowest BCUT2D eigenvalue weighted by Gasteiger charge is -2.23. The Hall–Kier alpha value is -2.54. The third-order valence-electron chi connectivity index (χ3n) is 3.24. The minimum atomic E-state index is -4.62. The average Bonchev–Trinajstić information content (AvgIpc) is 2.58. The second-order valence-corrected chi connectivity index (χ2v) is 5.34. The first-order valence-electron chi connectivity index (χ1n) is 7.15. The van der Waals surface area contributed by atoms with Crippen molar-refractivity contribution in [2.24, 2.45) is 0 Å². The van der Waals surface area contributed by atoms with Crippen molar-refractivity contribution in [1.29, 1.82) is 0 Å². The molecule has 0 radical (unpaired) electrons. The van der Waals surface area contributed by atoms with Crippen molar-refractivity contribution in [2.75, 3.05) is 6.54 Å². The Morgan fingerprint density at radius 1 is 1.32 bits per heavy atom. The summed E-state index contributed by atoms with van der Waals surface area (Å²) in [6.07, 6.45) is -2.83. The van der Waals surface area contributed by atoms with E-state index in [1.165, 1.54) is 42.7 Å². The molecule has 1 atom stereocenters. The summed E-state index contributed by atoms with van der Waals surface area (Å²) in [5.41, 5.74) is -1.01. The number of alkyl halides is 3. The van der Waals surface area contributed by atoms with E-state index in [2.05, 4.69) is 16.9 Å². The topological polar surface area (TPSA) is 51.2 Å². The first-order chi connectivity index (χ1) is 11.8. The van der Waals surface area contributed by atoms with Crippen LogP contribution in [-0.2, 0) is 10.9 Å². The van der Waals surface area contributed by atoms with Gasteiger partial charge in [0, 0.05) is 30.1 Å². The molecule has 1 N–H and O–H groups in total. The molecule has 25 heavy (non-hydrogen) atoms. The van der Waals surface area contributed by atoms with Crippen LogP contribution in [0.5, 0.6) is 0 Å². The lowest BCUT2D eigenvalue weighted by Crippen LogP contribution is -2.27. The summed E-state index contributed by atoms with van der Waals surface area (Å²) in [5.74, 6) is 0. The number of nitrogens with one attached hydrogen (secondary N) is 1. The van der Waals surface area contributed by atoms with Crippen molar-refractivity contribution in [3.63, 3.8) is 0 Å². The number of carbonyl (C=O) groups is 1. The highest BCUT2D eigenvalue weighted by molar-refractivity contribution is 6.31. The molecule has 132 valence electrons. The monoisotopic (exact) mass is 370 g/mol. The van der Waals surface area contributed by atoms with E-state index < -0.39 is 23.9 Å². The van der Waals surface area contributed by atoms with Crippen molar-refractivity contribution in [3.05, 3.63) is 77.1 Å². The van der Waals surface area contributed by atoms with Gasteiger partial charge in [-0.25, -0.2) is 4.79 Å². The van der Waals surface area contributed by atoms with Crippen molar-refractivity contribution >= 4 is 17.7 Å². The zero-order valence-corrected chi connectivity index (χ0v) is 13.6. The van der Waals surface area contributed by atoms with Crippen LogP contribution in [0.1, 0.15) is 22.8 Å². The number of nitrogens with zero attached hydrogens (tertiary/aromatic N) is 1. The molecule has 2 rings (SSSR count). The number of halogens is 4. The molecule has 1 unspecified atom stereocenters. The summed E-state index contributed by atoms with van der Waals surface area (Å²) in [6.45, 7) is 3.54. The molecule has 0 aliphatic carbocycles. The molecule has 8 heteroatoms. The number of alkyl carbamates (subject to hydrolysis) is 1. The number of hydrogen-bond acceptors (Lipinski definition) is 3. The molecular weight excluding hydrogens is 357 g/mol. The summed E-state index contributed by atoms with van der Waals surface area (Å²) in [5, 5.41) is 2.49. The fraction of sp³-hybridized carbons (Fsp3) is 0.176. The molecule has 0 aliphatic rings. The van der Waals surface area contributed by atoms with Crippen LogP contribution in [0.2, 0.25) is 5.02 Å². The largest absolute Gasteiger partial charge is 0.436 e. The van der Waals surface area contributed by atoms with E-state index in [1.807, 2.05) is 0 Å². The van der Waals surface area contributed by atoms with Gasteiger partial charge < -0.3 is 10.1 Å². The zero-order chi connectivity index (χ0) is 18.4. The molecule has 4 nitrogen and oxygen atoms in total. The lowest BCUT2D eigenvalue weighted by atomic mass is 9.97. The van der Waals surface area contributed by atoms with E-state index in [1.54, 1.807) is 0 Å². The van der Waals surface area contributed by atoms with E-state index >= 15 is 0 Å². The Kier molecular flexibility index (Phi) is 6.03. The Bertz CT molecular complexity index is 766. The third kappa shape index (κ3) is 4.73. The summed E-state index contributed by atoms with van der Waals surface area (Å²) in [7, 11) is 0. The van der Waals surface area contributed by atoms with E-state index in [9.17, 15) is 18.0 Å². The highest BCUT2D eigenvalue weighted by Gasteiger charge is 2.37. The summed E-state index contributed by atoms with van der Waals surface area (Å²) < 4.78 is 45.3. The molecule has 1 aromatic heterocycles. The molecule has 2 aromatic rings. The Morgan fingerprint density at radius 2 is 2.04 bits per heavy atom. The average molecular weight is 371 g/mol. The van der Waals surface area contributed by atoms with Gasteiger partial charge in [-0.2, -0.15) is 13.2 Å². The summed E-state index contributed by atoms with van der Waals surface area (Å²) >= 11 is 6.07. The molecule has 0 saturated carbocycles. The number of carbonyl (C=O) groups excluding carboxylic acids is 1. The van der Waals surface area contributed by atoms with Crippen molar-refractivity contribution in [1.82, 2.24) is 10.3 Å². The molecule has 1 aromatic carbocycles. The normalized spacial score (nSPS) is 12.3. The van der Waals surface area contributed by atoms with Crippen LogP contribution in [0.15, 0.2) is 55.4 Å². The number of ether oxygens (including phenoxy) is 1. The molecule has 1 amide bonds. The molecule has 0 fully saturated rings. The first-order valence-corrected chi connectivity index (χ1v) is 7.53. The van der Waals surface area contributed by atoms with Gasteiger partial charge in [0.05, 0.1) is 10.6 Å². The highest BCUT2D eigenvalue weighted by Crippen LogP contribution is 2.39. The van der Waals surface area contributed by atoms with Crippen LogP contribution in [0.25, 0.3) is 0 Å². The maximum Gasteiger partial charge on any atom is 0.416 e. The number of benzene rings is 1. The predicted molar refractivity (Wildman–Crippen MR) is 87.2 cm³/mol. The van der Waals surface area contributed by atoms with Gasteiger partial charge in [0.25, 0.3) is 0 Å². The minimum Gasteiger partial charge on any atom is -0.436 e. The van der Waals surface area contributed by atoms with Crippen LogP contribution in [0.3, 0.4) is 0 Å². The number of aromatic nitrogens is 1. The first kappa shape index (κ1) is 18.8. The predicted octanol–water partition coefficient (Wildman–Crippen LogP) is 4.76. The van der Waals surface area contributed by atoms with Crippen molar-refractivity contribution in [2.45, 2.75) is 12.3 Å². The fourth-order valence-corrected chi connectivity index (χ4v) is 2.37. The summed E-state index contributed by atoms with van der Waals surface area (Å²) in [6, 6.07) is 6.24. The van der Waals surface area contributed by atoms with E-state index in [4.69, 9.17) is 16.3 Å². The van der Waals surface area contributed by atoms with E-state index in [0.717, 1.165) is 6.07 Å². The number of amides is 1. The fourth-order valence-electron chi connectivity index (χ4n) is 2.17. The van der Waals surface area contributed by atoms with Gasteiger partial charge in [-0.15, -0.1) is 6.58 Å². The van der Waals surface area contributed by atoms with Crippen molar-refractivity contribution in [3.8, 4) is 0 Å². The second kappa shape index (κ2) is 8.02. The summed E-state index contributed by atoms with van der Waals surface area (Å²) in [4.78, 5) is 15.8. The number of rotatable bonds is 5. The van der Waals surface area contributed by atoms with Crippen LogP contribution in [0, 0.1) is 0 Å². The van der Waals surface area contributed by atoms with E-state index in [-0.39, 0.29) is 22.7 Å². The van der Waals surface area contributed by atoms with Crippen LogP contribution < -0.4 is 5.32 Å². The molecule has 0 bridgehead atoms. The third-order valence-corrected chi connectivity index (χ3v) is 3.59. The standard InChI is InChI=1S/C17H14ClF3N2O2/c1-2-8-23-16(24)25-15(12-10-22-9-7-14(12)18)11-5-3-4-6-13(11)17(19,20)21/h2-7,9-10,15H,1,8H2,(H,23,24). The molecule has 0 spiro atoms. The zero-order valence-electron chi connectivity index (χ0n) is 12.9. The maximum absolute atomic E-state index is 13.3. The SMILES string of the molecule is C=CCNC(=O)OC(c1cnccc1Cl)c1ccccc1C(F)(F)F. The van der Waals surface area contributed by atoms with Gasteiger partial charge in [-0.3, -0.25) is 4.98 Å². The minimum absolute atomic E-state index is 0.104. The maximum atomic E-state index is 13.3. The van der Waals surface area contributed by atoms with Crippen molar-refractivity contribution < 1.29 is 22.7 Å². The van der Waals surface area contributed by atoms with Gasteiger partial charge in [0.15, 0.2) is 6.10 Å². The molecule has 1 heterocycles. The number of pyridine rings is 1. The van der Waals surface area contributed by atoms with Gasteiger partial charge in [-0.1, -0.05) is 35.9 Å². The number of hydrogen-bond donors (Lipinski definition) is 1.